The largest absolute Gasteiger partial charge is 0.301 e. The van der Waals surface area contributed by atoms with Crippen LogP contribution in [0.1, 0.15) is 12.8 Å². The minimum atomic E-state index is -3.76. The lowest BCUT2D eigenvalue weighted by atomic mass is 10.2. The van der Waals surface area contributed by atoms with Crippen LogP contribution < -0.4 is 5.32 Å². The van der Waals surface area contributed by atoms with Crippen LogP contribution in [-0.2, 0) is 14.8 Å². The van der Waals surface area contributed by atoms with Gasteiger partial charge in [-0.15, -0.1) is 22.7 Å². The van der Waals surface area contributed by atoms with Gasteiger partial charge in [-0.2, -0.15) is 4.31 Å². The van der Waals surface area contributed by atoms with Crippen molar-refractivity contribution in [3.63, 3.8) is 0 Å². The molecule has 1 aliphatic rings. The van der Waals surface area contributed by atoms with Crippen molar-refractivity contribution in [1.82, 2.24) is 14.3 Å². The molecule has 146 valence electrons. The van der Waals surface area contributed by atoms with Gasteiger partial charge in [0.15, 0.2) is 5.13 Å². The number of thiazole rings is 1. The Kier molecular flexibility index (Phi) is 5.48. The lowest BCUT2D eigenvalue weighted by molar-refractivity contribution is -0.119. The molecule has 7 nitrogen and oxygen atoms in total. The van der Waals surface area contributed by atoms with Crippen molar-refractivity contribution in [2.24, 2.45) is 0 Å². The summed E-state index contributed by atoms with van der Waals surface area (Å²) in [5.41, 5.74) is 1.62. The summed E-state index contributed by atoms with van der Waals surface area (Å²) in [5, 5.41) is 5.02. The molecule has 1 saturated heterocycles. The number of anilines is 1. The predicted molar refractivity (Wildman–Crippen MR) is 110 cm³/mol. The Morgan fingerprint density at radius 2 is 2.04 bits per heavy atom. The Hall–Kier alpha value is -1.85. The summed E-state index contributed by atoms with van der Waals surface area (Å²) >= 11 is 8.16. The zero-order valence-corrected chi connectivity index (χ0v) is 17.6. The van der Waals surface area contributed by atoms with Crippen molar-refractivity contribution >= 4 is 55.3 Å². The minimum Gasteiger partial charge on any atom is -0.301 e. The van der Waals surface area contributed by atoms with Crippen LogP contribution in [-0.4, -0.2) is 41.2 Å². The van der Waals surface area contributed by atoms with E-state index in [1.54, 1.807) is 18.5 Å². The van der Waals surface area contributed by atoms with Crippen LogP contribution in [0, 0.1) is 0 Å². The van der Waals surface area contributed by atoms with Crippen LogP contribution in [0.5, 0.6) is 0 Å². The number of sulfonamides is 1. The lowest BCUT2D eigenvalue weighted by Gasteiger charge is -2.22. The normalized spacial score (nSPS) is 17.7. The van der Waals surface area contributed by atoms with Gasteiger partial charge < -0.3 is 5.32 Å². The van der Waals surface area contributed by atoms with Gasteiger partial charge in [0.2, 0.25) is 5.91 Å². The van der Waals surface area contributed by atoms with Crippen molar-refractivity contribution < 1.29 is 13.2 Å². The van der Waals surface area contributed by atoms with Crippen LogP contribution in [0.15, 0.2) is 46.2 Å². The van der Waals surface area contributed by atoms with E-state index < -0.39 is 16.1 Å². The highest BCUT2D eigenvalue weighted by Gasteiger charge is 2.40. The Labute approximate surface area is 175 Å². The molecule has 4 heterocycles. The third-order valence-electron chi connectivity index (χ3n) is 4.33. The highest BCUT2D eigenvalue weighted by Crippen LogP contribution is 2.33. The van der Waals surface area contributed by atoms with Crippen LogP contribution in [0.2, 0.25) is 4.34 Å². The van der Waals surface area contributed by atoms with Crippen LogP contribution in [0.3, 0.4) is 0 Å². The SMILES string of the molecule is O=C(Nc1nc(-c2ccncc2)cs1)[C@H]1CCCN1S(=O)(=O)c1ccc(Cl)s1. The average Bonchev–Trinajstić information content (AvgIpc) is 3.43. The van der Waals surface area contributed by atoms with Crippen LogP contribution in [0.25, 0.3) is 11.3 Å². The molecular formula is C17H15ClN4O3S3. The second-order valence-electron chi connectivity index (χ2n) is 6.10. The summed E-state index contributed by atoms with van der Waals surface area (Å²) in [5.74, 6) is -0.376. The smallest absolute Gasteiger partial charge is 0.253 e. The van der Waals surface area contributed by atoms with Crippen LogP contribution >= 0.6 is 34.3 Å². The molecule has 1 aliphatic heterocycles. The van der Waals surface area contributed by atoms with E-state index in [-0.39, 0.29) is 10.1 Å². The Bertz CT molecular complexity index is 1100. The molecule has 0 aliphatic carbocycles. The first-order valence-electron chi connectivity index (χ1n) is 8.39. The van der Waals surface area contributed by atoms with Gasteiger partial charge in [-0.1, -0.05) is 11.6 Å². The Morgan fingerprint density at radius 1 is 1.25 bits per heavy atom. The predicted octanol–water partition coefficient (Wildman–Crippen LogP) is 3.71. The van der Waals surface area contributed by atoms with Gasteiger partial charge in [0.1, 0.15) is 10.3 Å². The van der Waals surface area contributed by atoms with Crippen molar-refractivity contribution in [3.05, 3.63) is 46.4 Å². The van der Waals surface area contributed by atoms with Gasteiger partial charge in [-0.3, -0.25) is 9.78 Å². The summed E-state index contributed by atoms with van der Waals surface area (Å²) in [6, 6.07) is 5.91. The Morgan fingerprint density at radius 3 is 2.75 bits per heavy atom. The monoisotopic (exact) mass is 454 g/mol. The van der Waals surface area contributed by atoms with E-state index in [0.717, 1.165) is 22.6 Å². The molecule has 0 bridgehead atoms. The molecular weight excluding hydrogens is 440 g/mol. The van der Waals surface area contributed by atoms with E-state index in [2.05, 4.69) is 15.3 Å². The number of hydrogen-bond acceptors (Lipinski definition) is 7. The fraction of sp³-hybridized carbons (Fsp3) is 0.235. The maximum Gasteiger partial charge on any atom is 0.253 e. The van der Waals surface area contributed by atoms with E-state index in [1.165, 1.54) is 21.7 Å². The van der Waals surface area contributed by atoms with Gasteiger partial charge in [-0.25, -0.2) is 13.4 Å². The molecule has 0 unspecified atom stereocenters. The zero-order valence-electron chi connectivity index (χ0n) is 14.4. The number of rotatable bonds is 5. The highest BCUT2D eigenvalue weighted by molar-refractivity contribution is 7.91. The number of halogens is 1. The number of nitrogens with zero attached hydrogens (tertiary/aromatic N) is 3. The molecule has 11 heteroatoms. The molecule has 0 spiro atoms. The highest BCUT2D eigenvalue weighted by atomic mass is 35.5. The molecule has 0 radical (unpaired) electrons. The summed E-state index contributed by atoms with van der Waals surface area (Å²) < 4.78 is 27.6. The lowest BCUT2D eigenvalue weighted by Crippen LogP contribution is -2.42. The number of hydrogen-bond donors (Lipinski definition) is 1. The van der Waals surface area contributed by atoms with E-state index >= 15 is 0 Å². The summed E-state index contributed by atoms with van der Waals surface area (Å²) in [4.78, 5) is 21.2. The number of thiophene rings is 1. The van der Waals surface area contributed by atoms with Gasteiger partial charge in [-0.05, 0) is 37.1 Å². The number of aromatic nitrogens is 2. The zero-order chi connectivity index (χ0) is 19.7. The molecule has 0 aromatic carbocycles. The summed E-state index contributed by atoms with van der Waals surface area (Å²) in [6.07, 6.45) is 4.43. The van der Waals surface area contributed by atoms with Crippen molar-refractivity contribution in [2.75, 3.05) is 11.9 Å². The van der Waals surface area contributed by atoms with Gasteiger partial charge >= 0.3 is 0 Å². The summed E-state index contributed by atoms with van der Waals surface area (Å²) in [7, 11) is -3.76. The first-order valence-corrected chi connectivity index (χ1v) is 11.9. The number of pyridine rings is 1. The number of carbonyl (C=O) groups excluding carboxylic acids is 1. The second-order valence-corrected chi connectivity index (χ2v) is 10.8. The van der Waals surface area contributed by atoms with E-state index in [9.17, 15) is 13.2 Å². The third-order valence-corrected chi connectivity index (χ3v) is 8.69. The molecule has 1 atom stereocenters. The van der Waals surface area contributed by atoms with E-state index in [4.69, 9.17) is 11.6 Å². The first kappa shape index (κ1) is 19.5. The molecule has 1 fully saturated rings. The van der Waals surface area contributed by atoms with Crippen LogP contribution in [0.4, 0.5) is 5.13 Å². The Balaban J connectivity index is 1.51. The van der Waals surface area contributed by atoms with Gasteiger partial charge in [0, 0.05) is 29.9 Å². The third kappa shape index (κ3) is 3.83. The topological polar surface area (TPSA) is 92.3 Å². The van der Waals surface area contributed by atoms with Crippen molar-refractivity contribution in [1.29, 1.82) is 0 Å². The second kappa shape index (κ2) is 7.88. The molecule has 1 amide bonds. The number of nitrogens with one attached hydrogen (secondary N) is 1. The van der Waals surface area contributed by atoms with Crippen molar-refractivity contribution in [2.45, 2.75) is 23.1 Å². The molecule has 1 N–H and O–H groups in total. The molecule has 28 heavy (non-hydrogen) atoms. The average molecular weight is 455 g/mol. The maximum absolute atomic E-state index is 12.9. The van der Waals surface area contributed by atoms with E-state index in [0.29, 0.717) is 28.9 Å². The molecule has 0 saturated carbocycles. The first-order chi connectivity index (χ1) is 13.4. The number of carbonyl (C=O) groups is 1. The standard InChI is InChI=1S/C17H15ClN4O3S3/c18-14-3-4-15(27-14)28(24,25)22-9-1-2-13(22)16(23)21-17-20-12(10-26-17)11-5-7-19-8-6-11/h3-8,10,13H,1-2,9H2,(H,20,21,23)/t13-/m1/s1. The van der Waals surface area contributed by atoms with Gasteiger partial charge in [0.05, 0.1) is 10.0 Å². The summed E-state index contributed by atoms with van der Waals surface area (Å²) in [6.45, 7) is 0.302. The van der Waals surface area contributed by atoms with E-state index in [1.807, 2.05) is 17.5 Å². The number of amides is 1. The molecule has 3 aromatic heterocycles. The molecule has 3 aromatic rings. The van der Waals surface area contributed by atoms with Crippen molar-refractivity contribution in [3.8, 4) is 11.3 Å². The quantitative estimate of drug-likeness (QED) is 0.634. The molecule has 4 rings (SSSR count). The van der Waals surface area contributed by atoms with Gasteiger partial charge in [0.25, 0.3) is 10.0 Å². The fourth-order valence-corrected chi connectivity index (χ4v) is 7.01. The minimum absolute atomic E-state index is 0.145. The maximum atomic E-state index is 12.9. The fourth-order valence-electron chi connectivity index (χ4n) is 3.02.